The minimum atomic E-state index is -4.60. The first-order chi connectivity index (χ1) is 20.9. The molecule has 0 saturated carbocycles. The monoisotopic (exact) mass is 673 g/mol. The minimum absolute atomic E-state index is 0.0463. The lowest BCUT2D eigenvalue weighted by atomic mass is 10.1. The number of hydrogen-bond acceptors (Lipinski definition) is 14. The molecule has 3 aromatic rings. The van der Waals surface area contributed by atoms with Crippen molar-refractivity contribution in [2.24, 2.45) is 4.99 Å². The maximum atomic E-state index is 15.9. The molecule has 232 valence electrons. The Morgan fingerprint density at radius 3 is 2.43 bits per heavy atom. The van der Waals surface area contributed by atoms with Gasteiger partial charge in [0.2, 0.25) is 13.3 Å². The van der Waals surface area contributed by atoms with Gasteiger partial charge in [-0.05, 0) is 11.8 Å². The molecule has 10 atom stereocenters. The summed E-state index contributed by atoms with van der Waals surface area (Å²) in [6.45, 7) is -5.80. The highest BCUT2D eigenvalue weighted by molar-refractivity contribution is 8.07. The summed E-state index contributed by atoms with van der Waals surface area (Å²) in [6.07, 6.45) is -8.36. The molecule has 4 unspecified atom stereocenters. The van der Waals surface area contributed by atoms with Crippen molar-refractivity contribution in [3.8, 4) is 0 Å². The summed E-state index contributed by atoms with van der Waals surface area (Å²) in [5.74, 6) is -0.383. The van der Waals surface area contributed by atoms with Crippen molar-refractivity contribution in [2.75, 3.05) is 19.8 Å². The largest absolute Gasteiger partial charge is 0.346 e. The molecule has 7 heterocycles. The van der Waals surface area contributed by atoms with Crippen LogP contribution in [0.5, 0.6) is 0 Å². The maximum absolute atomic E-state index is 15.9. The third kappa shape index (κ3) is 5.24. The topological polar surface area (TPSA) is 203 Å². The summed E-state index contributed by atoms with van der Waals surface area (Å²) in [5.41, 5.74) is -0.319. The highest BCUT2D eigenvalue weighted by atomic mass is 32.5. The fourth-order valence-electron chi connectivity index (χ4n) is 5.37. The molecule has 7 rings (SSSR count). The maximum Gasteiger partial charge on any atom is 0.325 e. The Labute approximate surface area is 251 Å². The van der Waals surface area contributed by atoms with E-state index >= 15 is 8.78 Å². The number of Topliss-reactive ketones (excluding diaryl/α,β-unsaturated/α-hetero) is 1. The van der Waals surface area contributed by atoms with Crippen LogP contribution in [0.4, 0.5) is 8.78 Å². The molecule has 4 aliphatic rings. The molecule has 0 aromatic carbocycles. The Balaban J connectivity index is 1.16. The van der Waals surface area contributed by atoms with Gasteiger partial charge in [0.25, 0.3) is 13.0 Å². The predicted octanol–water partition coefficient (Wildman–Crippen LogP) is 0.413. The van der Waals surface area contributed by atoms with Crippen LogP contribution in [0, 0.1) is 0 Å². The number of imidazole rings is 2. The zero-order chi connectivity index (χ0) is 31.0. The van der Waals surface area contributed by atoms with Gasteiger partial charge >= 0.3 is 6.72 Å². The number of ether oxygens (including phenoxy) is 2. The number of carbonyl (C=O) groups is 1. The molecule has 0 amide bonds. The molecule has 0 bridgehead atoms. The third-order valence-electron chi connectivity index (χ3n) is 7.37. The highest BCUT2D eigenvalue weighted by Crippen LogP contribution is 2.54. The molecule has 17 nitrogen and oxygen atoms in total. The fraction of sp³-hybridized carbons (Fsp3) is 0.524. The van der Waals surface area contributed by atoms with E-state index in [9.17, 15) is 19.0 Å². The van der Waals surface area contributed by atoms with Gasteiger partial charge in [-0.15, -0.1) is 0 Å². The van der Waals surface area contributed by atoms with E-state index in [-0.39, 0.29) is 34.7 Å². The van der Waals surface area contributed by atoms with E-state index in [0.717, 1.165) is 6.33 Å². The average Bonchev–Trinajstić information content (AvgIpc) is 3.73. The van der Waals surface area contributed by atoms with Crippen LogP contribution in [-0.2, 0) is 43.9 Å². The van der Waals surface area contributed by atoms with Gasteiger partial charge in [-0.3, -0.25) is 32.8 Å². The van der Waals surface area contributed by atoms with E-state index in [1.165, 1.54) is 27.9 Å². The number of aromatic nitrogens is 6. The Morgan fingerprint density at radius 1 is 1.02 bits per heavy atom. The lowest BCUT2D eigenvalue weighted by molar-refractivity contribution is -0.0571. The minimum Gasteiger partial charge on any atom is -0.346 e. The predicted molar refractivity (Wildman–Crippen MR) is 146 cm³/mol. The number of nitrogens with one attached hydrogen (secondary N) is 1. The van der Waals surface area contributed by atoms with E-state index in [0.29, 0.717) is 0 Å². The van der Waals surface area contributed by atoms with Crippen molar-refractivity contribution in [3.05, 3.63) is 40.6 Å². The van der Waals surface area contributed by atoms with E-state index in [4.69, 9.17) is 46.9 Å². The number of H-pyrrole nitrogens is 1. The van der Waals surface area contributed by atoms with Gasteiger partial charge < -0.3 is 27.9 Å². The summed E-state index contributed by atoms with van der Waals surface area (Å²) >= 11 is 5.12. The van der Waals surface area contributed by atoms with Crippen molar-refractivity contribution < 1.29 is 50.6 Å². The van der Waals surface area contributed by atoms with Crippen LogP contribution >= 0.6 is 14.2 Å². The average molecular weight is 673 g/mol. The zero-order valence-corrected chi connectivity index (χ0v) is 24.6. The number of aromatic amines is 1. The number of hydrogen-bond donors (Lipinski definition) is 2. The van der Waals surface area contributed by atoms with Crippen molar-refractivity contribution in [2.45, 2.75) is 49.2 Å². The second-order valence-corrected chi connectivity index (χ2v) is 14.5. The summed E-state index contributed by atoms with van der Waals surface area (Å²) in [7, 11) is 1.21. The lowest BCUT2D eigenvalue weighted by Crippen LogP contribution is -2.37. The summed E-state index contributed by atoms with van der Waals surface area (Å²) in [5, 5.41) is 5.90. The van der Waals surface area contributed by atoms with Crippen LogP contribution in [0.1, 0.15) is 28.6 Å². The van der Waals surface area contributed by atoms with Crippen molar-refractivity contribution in [1.82, 2.24) is 29.3 Å². The molecule has 44 heavy (non-hydrogen) atoms. The molecule has 0 aliphatic carbocycles. The SMILES string of the molecule is [B]P1(=O)OC[C@H]2O[C@@H](n3cnc4c(=O)[nH]ncc43)C(F)[C@H]2OP(O)(=S)OC[C@H]2O[C@@H](n3cnc4c3C=NCC4=O)[C@@H](F)C2O1. The molecule has 2 N–H and O–H groups in total. The number of halogens is 2. The fourth-order valence-corrected chi connectivity index (χ4v) is 7.82. The van der Waals surface area contributed by atoms with Crippen LogP contribution < -0.4 is 5.56 Å². The van der Waals surface area contributed by atoms with Crippen LogP contribution in [0.15, 0.2) is 28.6 Å². The van der Waals surface area contributed by atoms with Gasteiger partial charge in [0.1, 0.15) is 36.7 Å². The zero-order valence-electron chi connectivity index (χ0n) is 22.0. The molecular formula is C21H20BF2N7O10P2S. The number of fused-ring (bicyclic) bond motifs is 4. The molecule has 3 aromatic heterocycles. The number of alkyl halides is 2. The molecule has 4 aliphatic heterocycles. The van der Waals surface area contributed by atoms with E-state index in [2.05, 4.69) is 25.2 Å². The van der Waals surface area contributed by atoms with Crippen LogP contribution in [0.3, 0.4) is 0 Å². The molecule has 3 fully saturated rings. The molecule has 3 saturated heterocycles. The van der Waals surface area contributed by atoms with Gasteiger partial charge in [0, 0.05) is 6.21 Å². The Hall–Kier alpha value is -2.58. The standard InChI is InChI=1S/C21H20BF2N7O10P2S/c22-42(34)36-4-11-18(14(24)21(38-11)31-7-27-16-9(31)2-28-29-19(16)33)41-43(35,44)37-5-12-17(40-42)13(23)20(39-12)30-6-26-15-8(30)1-25-3-10(15)32/h1-2,6-7,11-14,17-18,20-21H,3-5H2,(H,29,33)(H,35,44)/t11-,12-,13+,14?,17?,18+,20-,21-,42?,43?/m1/s1. The smallest absolute Gasteiger partial charge is 0.325 e. The first-order valence-corrected chi connectivity index (χ1v) is 17.1. The quantitative estimate of drug-likeness (QED) is 0.280. The number of aliphatic imine (C=N–C) groups is 1. The molecular weight excluding hydrogens is 653 g/mol. The Bertz CT molecular complexity index is 1830. The van der Waals surface area contributed by atoms with Gasteiger partial charge in [-0.1, -0.05) is 0 Å². The van der Waals surface area contributed by atoms with Gasteiger partial charge in [0.15, 0.2) is 30.3 Å². The summed E-state index contributed by atoms with van der Waals surface area (Å²) in [6, 6.07) is 0. The lowest BCUT2D eigenvalue weighted by Gasteiger charge is -2.29. The highest BCUT2D eigenvalue weighted by Gasteiger charge is 2.53. The van der Waals surface area contributed by atoms with Crippen molar-refractivity contribution >= 4 is 56.6 Å². The van der Waals surface area contributed by atoms with Gasteiger partial charge in [0.05, 0.1) is 43.3 Å². The van der Waals surface area contributed by atoms with Crippen LogP contribution in [0.2, 0.25) is 0 Å². The molecule has 0 spiro atoms. The van der Waals surface area contributed by atoms with E-state index in [1.54, 1.807) is 0 Å². The third-order valence-corrected chi connectivity index (χ3v) is 9.98. The van der Waals surface area contributed by atoms with Crippen LogP contribution in [0.25, 0.3) is 11.0 Å². The number of carbonyl (C=O) groups excluding carboxylic acids is 1. The first-order valence-electron chi connectivity index (χ1n) is 12.9. The van der Waals surface area contributed by atoms with Gasteiger partial charge in [-0.2, -0.15) is 5.10 Å². The van der Waals surface area contributed by atoms with E-state index < -0.39 is 82.2 Å². The Kier molecular flexibility index (Phi) is 7.56. The Morgan fingerprint density at radius 2 is 1.68 bits per heavy atom. The number of ketones is 1. The van der Waals surface area contributed by atoms with Crippen LogP contribution in [-0.4, -0.2) is 110 Å². The summed E-state index contributed by atoms with van der Waals surface area (Å²) in [4.78, 5) is 47.0. The number of rotatable bonds is 2. The van der Waals surface area contributed by atoms with Crippen molar-refractivity contribution in [1.29, 1.82) is 0 Å². The number of nitrogens with zero attached hydrogens (tertiary/aromatic N) is 6. The molecule has 23 heteroatoms. The summed E-state index contributed by atoms with van der Waals surface area (Å²) < 4.78 is 80.6. The first kappa shape index (κ1) is 30.1. The second-order valence-electron chi connectivity index (χ2n) is 10.1. The van der Waals surface area contributed by atoms with Crippen molar-refractivity contribution in [3.63, 3.8) is 0 Å². The second kappa shape index (κ2) is 11.0. The van der Waals surface area contributed by atoms with Gasteiger partial charge in [-0.25, -0.2) is 23.8 Å². The molecule has 2 radical (unpaired) electrons. The van der Waals surface area contributed by atoms with E-state index in [1.807, 2.05) is 0 Å². The normalized spacial score (nSPS) is 39.4.